The summed E-state index contributed by atoms with van der Waals surface area (Å²) in [7, 11) is 3.27. The van der Waals surface area contributed by atoms with Crippen molar-refractivity contribution < 1.29 is 19.1 Å². The largest absolute Gasteiger partial charge is 0.385 e. The van der Waals surface area contributed by atoms with Crippen LogP contribution < -0.4 is 10.6 Å². The van der Waals surface area contributed by atoms with Crippen LogP contribution in [-0.4, -0.2) is 62.3 Å². The molecule has 0 saturated carbocycles. The molecule has 0 unspecified atom stereocenters. The van der Waals surface area contributed by atoms with Gasteiger partial charge in [0.05, 0.1) is 6.54 Å². The lowest BCUT2D eigenvalue weighted by Crippen LogP contribution is -2.35. The number of carbonyl (C=O) groups excluding carboxylic acids is 2. The van der Waals surface area contributed by atoms with Crippen LogP contribution in [0, 0.1) is 0 Å². The van der Waals surface area contributed by atoms with Crippen LogP contribution >= 0.6 is 11.3 Å². The van der Waals surface area contributed by atoms with E-state index in [1.54, 1.807) is 24.5 Å². The van der Waals surface area contributed by atoms with Gasteiger partial charge >= 0.3 is 6.03 Å². The summed E-state index contributed by atoms with van der Waals surface area (Å²) >= 11 is 1.37. The second kappa shape index (κ2) is 13.7. The fourth-order valence-electron chi connectivity index (χ4n) is 2.84. The third kappa shape index (κ3) is 8.64. The highest BCUT2D eigenvalue weighted by molar-refractivity contribution is 7.09. The first-order chi connectivity index (χ1) is 15.1. The van der Waals surface area contributed by atoms with E-state index in [4.69, 9.17) is 9.47 Å². The second-order valence-corrected chi connectivity index (χ2v) is 7.92. The zero-order valence-electron chi connectivity index (χ0n) is 18.5. The fraction of sp³-hybridized carbons (Fsp3) is 0.500. The molecule has 0 bridgehead atoms. The summed E-state index contributed by atoms with van der Waals surface area (Å²) in [5, 5.41) is 8.19. The molecule has 1 aromatic carbocycles. The molecule has 2 N–H and O–H groups in total. The predicted molar refractivity (Wildman–Crippen MR) is 123 cm³/mol. The van der Waals surface area contributed by atoms with Crippen LogP contribution in [0.1, 0.15) is 40.8 Å². The molecule has 2 aromatic rings. The Bertz CT molecular complexity index is 810. The van der Waals surface area contributed by atoms with Crippen molar-refractivity contribution >= 4 is 29.0 Å². The number of aromatic nitrogens is 1. The number of methoxy groups -OCH3 is 2. The standard InChI is InChI=1S/C22H32N4O4S/c1-4-17-7-9-18(10-8-17)24-22(28)26(12-6-14-30-3)15-20-25-19(16-31-20)21(27)23-11-5-13-29-2/h7-10,16H,4-6,11-15H2,1-3H3,(H,23,27)(H,24,28). The maximum atomic E-state index is 12.9. The number of hydrogen-bond donors (Lipinski definition) is 2. The Kier molecular flexibility index (Phi) is 11.0. The molecule has 9 heteroatoms. The average molecular weight is 449 g/mol. The van der Waals surface area contributed by atoms with E-state index in [1.807, 2.05) is 24.3 Å². The van der Waals surface area contributed by atoms with Gasteiger partial charge in [0.2, 0.25) is 0 Å². The zero-order valence-corrected chi connectivity index (χ0v) is 19.3. The lowest BCUT2D eigenvalue weighted by molar-refractivity contribution is 0.0944. The highest BCUT2D eigenvalue weighted by Gasteiger charge is 2.17. The molecule has 0 fully saturated rings. The number of nitrogens with zero attached hydrogens (tertiary/aromatic N) is 2. The van der Waals surface area contributed by atoms with Crippen LogP contribution in [0.15, 0.2) is 29.6 Å². The molecule has 0 aliphatic rings. The van der Waals surface area contributed by atoms with Gasteiger partial charge in [-0.2, -0.15) is 0 Å². The van der Waals surface area contributed by atoms with Crippen molar-refractivity contribution in [3.63, 3.8) is 0 Å². The first kappa shape index (κ1) is 24.8. The summed E-state index contributed by atoms with van der Waals surface area (Å²) in [6.07, 6.45) is 2.40. The number of nitrogens with one attached hydrogen (secondary N) is 2. The highest BCUT2D eigenvalue weighted by Crippen LogP contribution is 2.15. The quantitative estimate of drug-likeness (QED) is 0.457. The molecule has 0 aliphatic heterocycles. The number of aryl methyl sites for hydroxylation is 1. The van der Waals surface area contributed by atoms with Crippen molar-refractivity contribution in [2.75, 3.05) is 45.8 Å². The minimum absolute atomic E-state index is 0.207. The Morgan fingerprint density at radius 2 is 1.81 bits per heavy atom. The number of anilines is 1. The van der Waals surface area contributed by atoms with Gasteiger partial charge in [0.15, 0.2) is 0 Å². The van der Waals surface area contributed by atoms with E-state index in [0.717, 1.165) is 18.5 Å². The molecule has 0 radical (unpaired) electrons. The Morgan fingerprint density at radius 3 is 2.48 bits per heavy atom. The SMILES string of the molecule is CCc1ccc(NC(=O)N(CCCOC)Cc2nc(C(=O)NCCCOC)cs2)cc1. The van der Waals surface area contributed by atoms with Gasteiger partial charge in [-0.25, -0.2) is 9.78 Å². The molecule has 0 saturated heterocycles. The Balaban J connectivity index is 1.98. The van der Waals surface area contributed by atoms with Crippen molar-refractivity contribution in [1.29, 1.82) is 0 Å². The monoisotopic (exact) mass is 448 g/mol. The summed E-state index contributed by atoms with van der Waals surface area (Å²) in [4.78, 5) is 31.2. The lowest BCUT2D eigenvalue weighted by atomic mass is 10.1. The van der Waals surface area contributed by atoms with E-state index < -0.39 is 0 Å². The molecule has 0 spiro atoms. The second-order valence-electron chi connectivity index (χ2n) is 6.98. The highest BCUT2D eigenvalue weighted by atomic mass is 32.1. The van der Waals surface area contributed by atoms with Gasteiger partial charge in [0.1, 0.15) is 10.7 Å². The van der Waals surface area contributed by atoms with E-state index in [1.165, 1.54) is 16.9 Å². The summed E-state index contributed by atoms with van der Waals surface area (Å²) in [5.74, 6) is -0.218. The lowest BCUT2D eigenvalue weighted by Gasteiger charge is -2.22. The number of benzene rings is 1. The van der Waals surface area contributed by atoms with E-state index in [9.17, 15) is 9.59 Å². The smallest absolute Gasteiger partial charge is 0.322 e. The van der Waals surface area contributed by atoms with Crippen LogP contribution in [0.4, 0.5) is 10.5 Å². The van der Waals surface area contributed by atoms with Gasteiger partial charge < -0.3 is 25.0 Å². The number of amides is 3. The van der Waals surface area contributed by atoms with Crippen LogP contribution in [0.2, 0.25) is 0 Å². The zero-order chi connectivity index (χ0) is 22.5. The molecule has 170 valence electrons. The minimum Gasteiger partial charge on any atom is -0.385 e. The van der Waals surface area contributed by atoms with Crippen LogP contribution in [-0.2, 0) is 22.4 Å². The van der Waals surface area contributed by atoms with E-state index in [0.29, 0.717) is 50.0 Å². The molecule has 3 amide bonds. The van der Waals surface area contributed by atoms with Gasteiger partial charge in [-0.3, -0.25) is 4.79 Å². The number of ether oxygens (including phenoxy) is 2. The molecule has 1 heterocycles. The van der Waals surface area contributed by atoms with E-state index in [-0.39, 0.29) is 11.9 Å². The van der Waals surface area contributed by atoms with Gasteiger partial charge in [-0.05, 0) is 37.0 Å². The number of thiazole rings is 1. The molecule has 0 atom stereocenters. The van der Waals surface area contributed by atoms with Crippen molar-refractivity contribution in [3.05, 3.63) is 45.9 Å². The fourth-order valence-corrected chi connectivity index (χ4v) is 3.63. The Hall–Kier alpha value is -2.49. The number of carbonyl (C=O) groups is 2. The number of urea groups is 1. The molecule has 1 aromatic heterocycles. The van der Waals surface area contributed by atoms with Gasteiger partial charge in [-0.1, -0.05) is 19.1 Å². The third-order valence-electron chi connectivity index (χ3n) is 4.60. The van der Waals surface area contributed by atoms with Crippen molar-refractivity contribution in [1.82, 2.24) is 15.2 Å². The summed E-state index contributed by atoms with van der Waals surface area (Å²) in [6.45, 7) is 4.61. The average Bonchev–Trinajstić information content (AvgIpc) is 3.25. The van der Waals surface area contributed by atoms with Crippen molar-refractivity contribution in [2.24, 2.45) is 0 Å². The summed E-state index contributed by atoms with van der Waals surface area (Å²) in [6, 6.07) is 7.60. The first-order valence-electron chi connectivity index (χ1n) is 10.4. The molecular formula is C22H32N4O4S. The topological polar surface area (TPSA) is 92.8 Å². The van der Waals surface area contributed by atoms with Crippen LogP contribution in [0.25, 0.3) is 0 Å². The molecule has 0 aliphatic carbocycles. The van der Waals surface area contributed by atoms with Gasteiger partial charge in [-0.15, -0.1) is 11.3 Å². The number of rotatable bonds is 13. The van der Waals surface area contributed by atoms with E-state index >= 15 is 0 Å². The summed E-state index contributed by atoms with van der Waals surface area (Å²) < 4.78 is 10.1. The molecule has 8 nitrogen and oxygen atoms in total. The number of hydrogen-bond acceptors (Lipinski definition) is 6. The maximum Gasteiger partial charge on any atom is 0.322 e. The Labute approximate surface area is 188 Å². The Morgan fingerprint density at radius 1 is 1.10 bits per heavy atom. The minimum atomic E-state index is -0.218. The van der Waals surface area contributed by atoms with Crippen molar-refractivity contribution in [3.8, 4) is 0 Å². The maximum absolute atomic E-state index is 12.9. The van der Waals surface area contributed by atoms with Gasteiger partial charge in [0.25, 0.3) is 5.91 Å². The summed E-state index contributed by atoms with van der Waals surface area (Å²) in [5.41, 5.74) is 2.32. The molecular weight excluding hydrogens is 416 g/mol. The molecule has 31 heavy (non-hydrogen) atoms. The molecule has 2 rings (SSSR count). The van der Waals surface area contributed by atoms with Gasteiger partial charge in [0, 0.05) is 51.6 Å². The van der Waals surface area contributed by atoms with E-state index in [2.05, 4.69) is 22.5 Å². The third-order valence-corrected chi connectivity index (χ3v) is 5.43. The van der Waals surface area contributed by atoms with Crippen LogP contribution in [0.3, 0.4) is 0 Å². The first-order valence-corrected chi connectivity index (χ1v) is 11.3. The predicted octanol–water partition coefficient (Wildman–Crippen LogP) is 3.54. The normalized spacial score (nSPS) is 10.7. The van der Waals surface area contributed by atoms with Crippen LogP contribution in [0.5, 0.6) is 0 Å². The van der Waals surface area contributed by atoms with Crippen molar-refractivity contribution in [2.45, 2.75) is 32.7 Å².